The van der Waals surface area contributed by atoms with Gasteiger partial charge in [0.25, 0.3) is 5.91 Å². The van der Waals surface area contributed by atoms with Gasteiger partial charge in [0, 0.05) is 35.9 Å². The average molecular weight is 631 g/mol. The Morgan fingerprint density at radius 3 is 2.23 bits per heavy atom. The van der Waals surface area contributed by atoms with E-state index in [0.29, 0.717) is 53.6 Å². The van der Waals surface area contributed by atoms with Gasteiger partial charge in [-0.15, -0.1) is 0 Å². The maximum Gasteiger partial charge on any atom is 0.308 e. The molecule has 7 nitrogen and oxygen atoms in total. The molecule has 0 radical (unpaired) electrons. The van der Waals surface area contributed by atoms with Gasteiger partial charge in [-0.1, -0.05) is 54.4 Å². The van der Waals surface area contributed by atoms with Crippen molar-refractivity contribution in [2.45, 2.75) is 50.5 Å². The first kappa shape index (κ1) is 31.4. The van der Waals surface area contributed by atoms with Crippen LogP contribution in [-0.4, -0.2) is 47.3 Å². The lowest BCUT2D eigenvalue weighted by Gasteiger charge is -2.44. The second kappa shape index (κ2) is 12.2. The van der Waals surface area contributed by atoms with Gasteiger partial charge < -0.3 is 19.7 Å². The third-order valence-electron chi connectivity index (χ3n) is 9.04. The van der Waals surface area contributed by atoms with Crippen LogP contribution in [0.2, 0.25) is 10.0 Å². The van der Waals surface area contributed by atoms with E-state index in [2.05, 4.69) is 0 Å². The first-order valence-electron chi connectivity index (χ1n) is 14.3. The molecule has 1 saturated heterocycles. The number of amides is 1. The molecule has 2 aliphatic rings. The molecule has 0 bridgehead atoms. The average Bonchev–Trinajstić information content (AvgIpc) is 3.27. The lowest BCUT2D eigenvalue weighted by atomic mass is 9.74. The number of halogens is 3. The van der Waals surface area contributed by atoms with Crippen molar-refractivity contribution in [1.29, 1.82) is 0 Å². The quantitative estimate of drug-likeness (QED) is 0.267. The molecule has 2 N–H and O–H groups in total. The molecule has 3 aromatic carbocycles. The monoisotopic (exact) mass is 629 g/mol. The minimum absolute atomic E-state index is 0.0118. The summed E-state index contributed by atoms with van der Waals surface area (Å²) in [6, 6.07) is 14.7. The fraction of sp³-hybridized carbons (Fsp3) is 0.394. The Balaban J connectivity index is 1.79. The molecule has 43 heavy (non-hydrogen) atoms. The predicted octanol–water partition coefficient (Wildman–Crippen LogP) is 6.92. The Kier molecular flexibility index (Phi) is 8.89. The highest BCUT2D eigenvalue weighted by Crippen LogP contribution is 2.53. The third kappa shape index (κ3) is 5.23. The summed E-state index contributed by atoms with van der Waals surface area (Å²) in [6.07, 6.45) is 1.47. The van der Waals surface area contributed by atoms with Crippen molar-refractivity contribution in [3.63, 3.8) is 0 Å². The van der Waals surface area contributed by atoms with Gasteiger partial charge in [0.2, 0.25) is 0 Å². The van der Waals surface area contributed by atoms with E-state index in [1.807, 2.05) is 6.92 Å². The summed E-state index contributed by atoms with van der Waals surface area (Å²) < 4.78 is 28.4. The van der Waals surface area contributed by atoms with Crippen molar-refractivity contribution < 1.29 is 33.7 Å². The van der Waals surface area contributed by atoms with Crippen molar-refractivity contribution in [2.75, 3.05) is 20.3 Å². The molecule has 3 aromatic rings. The zero-order chi connectivity index (χ0) is 31.1. The smallest absolute Gasteiger partial charge is 0.308 e. The number of carboxylic acids is 1. The summed E-state index contributed by atoms with van der Waals surface area (Å²) in [4.78, 5) is 28.5. The Morgan fingerprint density at radius 1 is 1.12 bits per heavy atom. The number of carbonyl (C=O) groups is 2. The van der Waals surface area contributed by atoms with Gasteiger partial charge in [-0.2, -0.15) is 0 Å². The summed E-state index contributed by atoms with van der Waals surface area (Å²) in [5.41, 5.74) is -2.21. The standard InChI is InChI=1S/C33H34Cl2FNO6/c1-4-32(41,21-13-15-43-16-14-21)23-17-26-28(27(36)18-23)33(42-3,22-7-11-25(35)12-8-22)37(30(26)38)29(19(2)31(39)40)20-5-9-24(34)10-6-20/h5-12,17-19,21,29,41H,4,13-16H2,1-3H3,(H,39,40)/t19-,29-,32-,33-/m0/s1. The van der Waals surface area contributed by atoms with Crippen molar-refractivity contribution in [3.05, 3.63) is 104 Å². The van der Waals surface area contributed by atoms with E-state index in [-0.39, 0.29) is 22.6 Å². The van der Waals surface area contributed by atoms with E-state index in [1.54, 1.807) is 48.5 Å². The molecule has 1 amide bonds. The molecule has 10 heteroatoms. The highest BCUT2D eigenvalue weighted by atomic mass is 35.5. The molecular formula is C33H34Cl2FNO6. The third-order valence-corrected chi connectivity index (χ3v) is 9.54. The summed E-state index contributed by atoms with van der Waals surface area (Å²) >= 11 is 12.4. The largest absolute Gasteiger partial charge is 0.481 e. The topological polar surface area (TPSA) is 96.3 Å². The Hall–Kier alpha value is -3.01. The van der Waals surface area contributed by atoms with Crippen molar-refractivity contribution >= 4 is 35.1 Å². The number of fused-ring (bicyclic) bond motifs is 1. The zero-order valence-corrected chi connectivity index (χ0v) is 25.7. The minimum atomic E-state index is -1.86. The molecule has 0 unspecified atom stereocenters. The van der Waals surface area contributed by atoms with Crippen LogP contribution in [0.5, 0.6) is 0 Å². The van der Waals surface area contributed by atoms with Crippen LogP contribution in [0.3, 0.4) is 0 Å². The number of hydrogen-bond donors (Lipinski definition) is 2. The minimum Gasteiger partial charge on any atom is -0.481 e. The van der Waals surface area contributed by atoms with Crippen LogP contribution >= 0.6 is 23.2 Å². The fourth-order valence-corrected chi connectivity index (χ4v) is 6.97. The number of carboxylic acid groups (broad SMARTS) is 1. The van der Waals surface area contributed by atoms with Crippen LogP contribution in [0, 0.1) is 17.7 Å². The molecular weight excluding hydrogens is 596 g/mol. The zero-order valence-electron chi connectivity index (χ0n) is 24.1. The van der Waals surface area contributed by atoms with Gasteiger partial charge in [0.05, 0.1) is 28.7 Å². The van der Waals surface area contributed by atoms with Gasteiger partial charge in [-0.05, 0) is 79.6 Å². The molecule has 2 aliphatic heterocycles. The number of ether oxygens (including phenoxy) is 2. The highest BCUT2D eigenvalue weighted by Gasteiger charge is 2.58. The number of nitrogens with zero attached hydrogens (tertiary/aromatic N) is 1. The van der Waals surface area contributed by atoms with Crippen LogP contribution in [-0.2, 0) is 25.6 Å². The van der Waals surface area contributed by atoms with Crippen molar-refractivity contribution in [1.82, 2.24) is 4.90 Å². The van der Waals surface area contributed by atoms with Gasteiger partial charge in [-0.3, -0.25) is 14.5 Å². The molecule has 4 atom stereocenters. The number of aliphatic carboxylic acids is 1. The summed E-state index contributed by atoms with van der Waals surface area (Å²) in [7, 11) is 1.35. The lowest BCUT2D eigenvalue weighted by Crippen LogP contribution is -2.51. The number of aliphatic hydroxyl groups is 1. The first-order valence-corrected chi connectivity index (χ1v) is 15.0. The Bertz CT molecular complexity index is 1510. The Morgan fingerprint density at radius 2 is 1.70 bits per heavy atom. The molecule has 0 aromatic heterocycles. The van der Waals surface area contributed by atoms with Gasteiger partial charge in [0.1, 0.15) is 5.82 Å². The van der Waals surface area contributed by atoms with Crippen molar-refractivity contribution in [2.24, 2.45) is 11.8 Å². The number of methoxy groups -OCH3 is 1. The Labute approximate surface area is 260 Å². The SMILES string of the molecule is CC[C@@](O)(c1cc(F)c2c(c1)C(=O)N([C@H](c1ccc(Cl)cc1)[C@H](C)C(=O)O)[C@]2(OC)c1ccc(Cl)cc1)C1CCOCC1. The van der Waals surface area contributed by atoms with E-state index in [0.717, 1.165) is 0 Å². The summed E-state index contributed by atoms with van der Waals surface area (Å²) in [5, 5.41) is 23.0. The van der Waals surface area contributed by atoms with Crippen LogP contribution < -0.4 is 0 Å². The van der Waals surface area contributed by atoms with Crippen LogP contribution in [0.1, 0.15) is 71.8 Å². The van der Waals surface area contributed by atoms with Crippen LogP contribution in [0.25, 0.3) is 0 Å². The number of benzene rings is 3. The maximum atomic E-state index is 16.7. The number of carbonyl (C=O) groups excluding carboxylic acids is 1. The van der Waals surface area contributed by atoms with Crippen LogP contribution in [0.4, 0.5) is 4.39 Å². The summed E-state index contributed by atoms with van der Waals surface area (Å²) in [6.45, 7) is 4.27. The molecule has 0 saturated carbocycles. The predicted molar refractivity (Wildman–Crippen MR) is 161 cm³/mol. The first-order chi connectivity index (χ1) is 20.5. The van der Waals surface area contributed by atoms with E-state index < -0.39 is 41.0 Å². The van der Waals surface area contributed by atoms with E-state index in [1.165, 1.54) is 31.1 Å². The van der Waals surface area contributed by atoms with Gasteiger partial charge in [0.15, 0.2) is 5.72 Å². The van der Waals surface area contributed by atoms with Crippen molar-refractivity contribution in [3.8, 4) is 0 Å². The van der Waals surface area contributed by atoms with E-state index >= 15 is 4.39 Å². The second-order valence-electron chi connectivity index (χ2n) is 11.2. The fourth-order valence-electron chi connectivity index (χ4n) is 6.72. The molecule has 228 valence electrons. The maximum absolute atomic E-state index is 16.7. The molecule has 2 heterocycles. The molecule has 0 aliphatic carbocycles. The highest BCUT2D eigenvalue weighted by molar-refractivity contribution is 6.30. The second-order valence-corrected chi connectivity index (χ2v) is 12.1. The van der Waals surface area contributed by atoms with Crippen LogP contribution in [0.15, 0.2) is 60.7 Å². The van der Waals surface area contributed by atoms with E-state index in [4.69, 9.17) is 32.7 Å². The lowest BCUT2D eigenvalue weighted by molar-refractivity contribution is -0.149. The molecule has 5 rings (SSSR count). The van der Waals surface area contributed by atoms with Gasteiger partial charge in [-0.25, -0.2) is 4.39 Å². The van der Waals surface area contributed by atoms with E-state index in [9.17, 15) is 19.8 Å². The summed E-state index contributed by atoms with van der Waals surface area (Å²) in [5.74, 6) is -3.89. The number of hydrogen-bond acceptors (Lipinski definition) is 5. The molecule has 0 spiro atoms. The number of rotatable bonds is 9. The normalized spacial score (nSPS) is 21.7. The van der Waals surface area contributed by atoms with Gasteiger partial charge >= 0.3 is 5.97 Å². The molecule has 1 fully saturated rings.